The van der Waals surface area contributed by atoms with E-state index >= 15 is 0 Å². The van der Waals surface area contributed by atoms with Gasteiger partial charge in [0, 0.05) is 42.4 Å². The number of anilines is 1. The summed E-state index contributed by atoms with van der Waals surface area (Å²) in [7, 11) is 0. The van der Waals surface area contributed by atoms with E-state index in [9.17, 15) is 26.3 Å². The lowest BCUT2D eigenvalue weighted by atomic mass is 9.83. The average molecular weight is 434 g/mol. The SMILES string of the molecule is C=C1CC(C(F)(F)F)C(=C(N)C2CCN(c3cnc(C(F)(F)F)nc3)CC2)C(N)=N1. The van der Waals surface area contributed by atoms with Gasteiger partial charge in [-0.15, -0.1) is 0 Å². The smallest absolute Gasteiger partial charge is 0.401 e. The normalized spacial score (nSPS) is 23.4. The highest BCUT2D eigenvalue weighted by Crippen LogP contribution is 2.41. The van der Waals surface area contributed by atoms with E-state index < -0.39 is 30.5 Å². The van der Waals surface area contributed by atoms with Gasteiger partial charge in [-0.05, 0) is 12.8 Å². The number of nitrogens with zero attached hydrogens (tertiary/aromatic N) is 4. The third kappa shape index (κ3) is 4.51. The number of hydrogen-bond acceptors (Lipinski definition) is 6. The first-order valence-electron chi connectivity index (χ1n) is 9.10. The van der Waals surface area contributed by atoms with Gasteiger partial charge in [-0.25, -0.2) is 15.0 Å². The number of piperidine rings is 1. The van der Waals surface area contributed by atoms with Crippen LogP contribution >= 0.6 is 0 Å². The first-order chi connectivity index (χ1) is 13.9. The molecule has 2 aliphatic rings. The van der Waals surface area contributed by atoms with Crippen molar-refractivity contribution in [1.82, 2.24) is 9.97 Å². The molecule has 1 saturated heterocycles. The van der Waals surface area contributed by atoms with Crippen molar-refractivity contribution in [3.05, 3.63) is 41.8 Å². The van der Waals surface area contributed by atoms with Crippen LogP contribution in [0.4, 0.5) is 32.0 Å². The van der Waals surface area contributed by atoms with E-state index in [2.05, 4.69) is 21.5 Å². The van der Waals surface area contributed by atoms with Gasteiger partial charge in [0.15, 0.2) is 0 Å². The van der Waals surface area contributed by atoms with Crippen molar-refractivity contribution in [3.8, 4) is 0 Å². The van der Waals surface area contributed by atoms with Gasteiger partial charge >= 0.3 is 12.4 Å². The Hall–Kier alpha value is -2.79. The van der Waals surface area contributed by atoms with Gasteiger partial charge in [0.25, 0.3) is 0 Å². The highest BCUT2D eigenvalue weighted by Gasteiger charge is 2.46. The number of rotatable bonds is 2. The molecular weight excluding hydrogens is 414 g/mol. The summed E-state index contributed by atoms with van der Waals surface area (Å²) in [6.07, 6.45) is -6.62. The molecule has 1 fully saturated rings. The van der Waals surface area contributed by atoms with E-state index in [1.165, 1.54) is 0 Å². The van der Waals surface area contributed by atoms with Crippen LogP contribution in [0, 0.1) is 11.8 Å². The number of amidine groups is 1. The second-order valence-corrected chi connectivity index (χ2v) is 7.25. The third-order valence-corrected chi connectivity index (χ3v) is 5.24. The van der Waals surface area contributed by atoms with E-state index in [0.717, 1.165) is 12.4 Å². The van der Waals surface area contributed by atoms with E-state index in [4.69, 9.17) is 11.5 Å². The second kappa shape index (κ2) is 7.80. The zero-order valence-corrected chi connectivity index (χ0v) is 15.8. The summed E-state index contributed by atoms with van der Waals surface area (Å²) in [5.41, 5.74) is 12.2. The topological polar surface area (TPSA) is 93.4 Å². The Morgan fingerprint density at radius 3 is 2.13 bits per heavy atom. The molecule has 4 N–H and O–H groups in total. The van der Waals surface area contributed by atoms with Gasteiger partial charge in [-0.2, -0.15) is 26.3 Å². The molecule has 0 bridgehead atoms. The van der Waals surface area contributed by atoms with Crippen molar-refractivity contribution in [3.63, 3.8) is 0 Å². The highest BCUT2D eigenvalue weighted by molar-refractivity contribution is 5.99. The Morgan fingerprint density at radius 2 is 1.63 bits per heavy atom. The predicted octanol–water partition coefficient (Wildman–Crippen LogP) is 3.38. The Labute approximate surface area is 168 Å². The van der Waals surface area contributed by atoms with Crippen LogP contribution in [0.25, 0.3) is 0 Å². The molecule has 0 amide bonds. The summed E-state index contributed by atoms with van der Waals surface area (Å²) in [6.45, 7) is 4.22. The summed E-state index contributed by atoms with van der Waals surface area (Å²) in [4.78, 5) is 12.3. The van der Waals surface area contributed by atoms with Crippen LogP contribution in [0.5, 0.6) is 0 Å². The molecule has 3 heterocycles. The molecule has 1 unspecified atom stereocenters. The zero-order valence-electron chi connectivity index (χ0n) is 15.8. The number of hydrogen-bond donors (Lipinski definition) is 2. The molecule has 1 aromatic heterocycles. The second-order valence-electron chi connectivity index (χ2n) is 7.25. The maximum atomic E-state index is 13.5. The molecule has 0 aromatic carbocycles. The van der Waals surface area contributed by atoms with Crippen LogP contribution in [-0.2, 0) is 6.18 Å². The number of alkyl halides is 6. The predicted molar refractivity (Wildman–Crippen MR) is 98.1 cm³/mol. The van der Waals surface area contributed by atoms with E-state index in [1.807, 2.05) is 0 Å². The van der Waals surface area contributed by atoms with Gasteiger partial charge in [0.05, 0.1) is 24.0 Å². The minimum atomic E-state index is -4.63. The first-order valence-corrected chi connectivity index (χ1v) is 9.10. The number of aromatic nitrogens is 2. The minimum absolute atomic E-state index is 0.0449. The van der Waals surface area contributed by atoms with Crippen molar-refractivity contribution in [2.45, 2.75) is 31.6 Å². The Kier molecular flexibility index (Phi) is 5.70. The monoisotopic (exact) mass is 434 g/mol. The van der Waals surface area contributed by atoms with Crippen LogP contribution in [0.15, 0.2) is 40.9 Å². The van der Waals surface area contributed by atoms with Crippen LogP contribution in [0.2, 0.25) is 0 Å². The maximum absolute atomic E-state index is 13.5. The van der Waals surface area contributed by atoms with E-state index in [0.29, 0.717) is 31.6 Å². The molecule has 6 nitrogen and oxygen atoms in total. The Morgan fingerprint density at radius 1 is 1.07 bits per heavy atom. The fourth-order valence-electron chi connectivity index (χ4n) is 3.72. The fraction of sp³-hybridized carbons (Fsp3) is 0.500. The first kappa shape index (κ1) is 21.9. The Bertz CT molecular complexity index is 863. The number of halogens is 6. The largest absolute Gasteiger partial charge is 0.451 e. The lowest BCUT2D eigenvalue weighted by Gasteiger charge is -2.36. The molecule has 12 heteroatoms. The number of aliphatic imine (C=N–C) groups is 1. The number of allylic oxidation sites excluding steroid dienone is 2. The maximum Gasteiger partial charge on any atom is 0.451 e. The summed E-state index contributed by atoms with van der Waals surface area (Å²) in [6, 6.07) is 0. The Balaban J connectivity index is 1.76. The third-order valence-electron chi connectivity index (χ3n) is 5.24. The lowest BCUT2D eigenvalue weighted by molar-refractivity contribution is -0.163. The van der Waals surface area contributed by atoms with Gasteiger partial charge in [0.2, 0.25) is 5.82 Å². The molecule has 164 valence electrons. The molecule has 0 radical (unpaired) electrons. The molecule has 30 heavy (non-hydrogen) atoms. The van der Waals surface area contributed by atoms with Gasteiger partial charge in [-0.1, -0.05) is 6.58 Å². The van der Waals surface area contributed by atoms with Crippen molar-refractivity contribution < 1.29 is 26.3 Å². The molecule has 0 aliphatic carbocycles. The zero-order chi connectivity index (χ0) is 22.3. The molecule has 2 aliphatic heterocycles. The van der Waals surface area contributed by atoms with Crippen LogP contribution < -0.4 is 16.4 Å². The summed E-state index contributed by atoms with van der Waals surface area (Å²) in [5.74, 6) is -3.73. The molecule has 0 spiro atoms. The summed E-state index contributed by atoms with van der Waals surface area (Å²) >= 11 is 0. The van der Waals surface area contributed by atoms with Crippen LogP contribution in [0.3, 0.4) is 0 Å². The van der Waals surface area contributed by atoms with Gasteiger partial charge < -0.3 is 16.4 Å². The van der Waals surface area contributed by atoms with Crippen molar-refractivity contribution in [2.24, 2.45) is 28.3 Å². The van der Waals surface area contributed by atoms with Gasteiger partial charge in [-0.3, -0.25) is 0 Å². The summed E-state index contributed by atoms with van der Waals surface area (Å²) in [5, 5.41) is 0. The molecule has 0 saturated carbocycles. The van der Waals surface area contributed by atoms with Crippen molar-refractivity contribution >= 4 is 11.5 Å². The number of nitrogens with two attached hydrogens (primary N) is 2. The average Bonchev–Trinajstić information content (AvgIpc) is 2.66. The molecular formula is C18H20F6N6. The standard InChI is InChI=1S/C18H20F6N6/c1-9-6-12(17(19,20)21)13(15(26)29-9)14(25)10-2-4-30(5-3-10)11-7-27-16(28-8-11)18(22,23)24/h7-8,10,12H,1-6,25H2,(H2,26,29). The van der Waals surface area contributed by atoms with E-state index in [1.54, 1.807) is 4.90 Å². The van der Waals surface area contributed by atoms with Crippen molar-refractivity contribution in [1.29, 1.82) is 0 Å². The fourth-order valence-corrected chi connectivity index (χ4v) is 3.72. The summed E-state index contributed by atoms with van der Waals surface area (Å²) < 4.78 is 78.3. The lowest BCUT2D eigenvalue weighted by Crippen LogP contribution is -2.40. The molecule has 1 aromatic rings. The minimum Gasteiger partial charge on any atom is -0.401 e. The van der Waals surface area contributed by atoms with Crippen LogP contribution in [-0.4, -0.2) is 35.1 Å². The van der Waals surface area contributed by atoms with Gasteiger partial charge in [0.1, 0.15) is 5.84 Å². The van der Waals surface area contributed by atoms with Crippen molar-refractivity contribution in [2.75, 3.05) is 18.0 Å². The quantitative estimate of drug-likeness (QED) is 0.697. The molecule has 1 atom stereocenters. The highest BCUT2D eigenvalue weighted by atomic mass is 19.4. The van der Waals surface area contributed by atoms with E-state index in [-0.39, 0.29) is 28.7 Å². The van der Waals surface area contributed by atoms with Crippen LogP contribution in [0.1, 0.15) is 25.1 Å². The molecule has 3 rings (SSSR count).